The molecule has 3 rings (SSSR count). The molecule has 1 aliphatic heterocycles. The van der Waals surface area contributed by atoms with Crippen molar-refractivity contribution >= 4 is 17.3 Å². The Kier molecular flexibility index (Phi) is 4.60. The van der Waals surface area contributed by atoms with Crippen LogP contribution in [0.15, 0.2) is 48.5 Å². The van der Waals surface area contributed by atoms with Gasteiger partial charge in [0, 0.05) is 18.7 Å². The number of para-hydroxylation sites is 2. The number of hydrogen-bond donors (Lipinski definition) is 1. The zero-order chi connectivity index (χ0) is 16.2. The second-order valence-corrected chi connectivity index (χ2v) is 6.15. The number of carbonyl (C=O) groups excluding carboxylic acids is 1. The van der Waals surface area contributed by atoms with Gasteiger partial charge in [0.25, 0.3) is 5.91 Å². The highest BCUT2D eigenvalue weighted by atomic mass is 19.1. The van der Waals surface area contributed by atoms with Crippen molar-refractivity contribution in [3.8, 4) is 0 Å². The summed E-state index contributed by atoms with van der Waals surface area (Å²) in [6, 6.07) is 13.5. The first-order chi connectivity index (χ1) is 11.1. The van der Waals surface area contributed by atoms with Crippen LogP contribution in [0, 0.1) is 11.7 Å². The van der Waals surface area contributed by atoms with E-state index in [4.69, 9.17) is 0 Å². The van der Waals surface area contributed by atoms with Gasteiger partial charge in [0.05, 0.1) is 11.4 Å². The highest BCUT2D eigenvalue weighted by Crippen LogP contribution is 2.30. The number of rotatable bonds is 3. The fraction of sp³-hybridized carbons (Fsp3) is 0.316. The minimum Gasteiger partial charge on any atom is -0.370 e. The maximum Gasteiger partial charge on any atom is 0.255 e. The van der Waals surface area contributed by atoms with E-state index in [2.05, 4.69) is 17.1 Å². The van der Waals surface area contributed by atoms with Gasteiger partial charge in [-0.2, -0.15) is 0 Å². The number of nitrogens with zero attached hydrogens (tertiary/aromatic N) is 1. The van der Waals surface area contributed by atoms with Crippen LogP contribution in [0.3, 0.4) is 0 Å². The summed E-state index contributed by atoms with van der Waals surface area (Å²) in [6.07, 6.45) is 2.32. The Bertz CT molecular complexity index is 693. The van der Waals surface area contributed by atoms with Crippen LogP contribution in [0.5, 0.6) is 0 Å². The molecule has 0 radical (unpaired) electrons. The fourth-order valence-electron chi connectivity index (χ4n) is 2.93. The van der Waals surface area contributed by atoms with Crippen LogP contribution in [0.2, 0.25) is 0 Å². The molecule has 120 valence electrons. The SMILES string of the molecule is CC1CCN(c2ccccc2NC(=O)c2cccc(F)c2)CC1. The molecule has 1 saturated heterocycles. The lowest BCUT2D eigenvalue weighted by molar-refractivity contribution is 0.102. The lowest BCUT2D eigenvalue weighted by atomic mass is 9.98. The quantitative estimate of drug-likeness (QED) is 0.915. The minimum absolute atomic E-state index is 0.290. The Labute approximate surface area is 136 Å². The van der Waals surface area contributed by atoms with Crippen LogP contribution in [0.25, 0.3) is 0 Å². The number of carbonyl (C=O) groups is 1. The second-order valence-electron chi connectivity index (χ2n) is 6.15. The Morgan fingerprint density at radius 1 is 1.13 bits per heavy atom. The van der Waals surface area contributed by atoms with Crippen molar-refractivity contribution in [2.24, 2.45) is 5.92 Å². The van der Waals surface area contributed by atoms with Crippen LogP contribution in [0.4, 0.5) is 15.8 Å². The predicted molar refractivity (Wildman–Crippen MR) is 91.4 cm³/mol. The molecule has 2 aromatic rings. The summed E-state index contributed by atoms with van der Waals surface area (Å²) in [5.74, 6) is 0.0542. The molecular weight excluding hydrogens is 291 g/mol. The number of anilines is 2. The average Bonchev–Trinajstić information content (AvgIpc) is 2.56. The first kappa shape index (κ1) is 15.5. The third-order valence-electron chi connectivity index (χ3n) is 4.36. The highest BCUT2D eigenvalue weighted by molar-refractivity contribution is 6.05. The molecule has 1 aliphatic rings. The number of amides is 1. The van der Waals surface area contributed by atoms with Gasteiger partial charge in [-0.3, -0.25) is 4.79 Å². The molecule has 0 bridgehead atoms. The monoisotopic (exact) mass is 312 g/mol. The van der Waals surface area contributed by atoms with E-state index < -0.39 is 5.82 Å². The normalized spacial score (nSPS) is 15.5. The molecule has 2 aromatic carbocycles. The van der Waals surface area contributed by atoms with Gasteiger partial charge < -0.3 is 10.2 Å². The third-order valence-corrected chi connectivity index (χ3v) is 4.36. The van der Waals surface area contributed by atoms with E-state index in [0.29, 0.717) is 5.56 Å². The predicted octanol–water partition coefficient (Wildman–Crippen LogP) is 4.31. The van der Waals surface area contributed by atoms with E-state index in [9.17, 15) is 9.18 Å². The Morgan fingerprint density at radius 3 is 2.61 bits per heavy atom. The van der Waals surface area contributed by atoms with Crippen LogP contribution in [-0.2, 0) is 0 Å². The molecule has 3 nitrogen and oxygen atoms in total. The van der Waals surface area contributed by atoms with Gasteiger partial charge in [-0.1, -0.05) is 25.1 Å². The van der Waals surface area contributed by atoms with E-state index in [1.807, 2.05) is 24.3 Å². The Hall–Kier alpha value is -2.36. The molecule has 1 heterocycles. The Morgan fingerprint density at radius 2 is 1.87 bits per heavy atom. The number of nitrogens with one attached hydrogen (secondary N) is 1. The van der Waals surface area contributed by atoms with Crippen LogP contribution in [-0.4, -0.2) is 19.0 Å². The zero-order valence-corrected chi connectivity index (χ0v) is 13.3. The van der Waals surface area contributed by atoms with E-state index in [0.717, 1.165) is 43.2 Å². The van der Waals surface area contributed by atoms with Gasteiger partial charge >= 0.3 is 0 Å². The van der Waals surface area contributed by atoms with Gasteiger partial charge in [-0.25, -0.2) is 4.39 Å². The average molecular weight is 312 g/mol. The van der Waals surface area contributed by atoms with Gasteiger partial charge in [0.2, 0.25) is 0 Å². The molecule has 0 aromatic heterocycles. The van der Waals surface area contributed by atoms with Crippen molar-refractivity contribution in [2.75, 3.05) is 23.3 Å². The molecule has 1 fully saturated rings. The molecule has 0 saturated carbocycles. The smallest absolute Gasteiger partial charge is 0.255 e. The standard InChI is InChI=1S/C19H21FN2O/c1-14-9-11-22(12-10-14)18-8-3-2-7-17(18)21-19(23)15-5-4-6-16(20)13-15/h2-8,13-14H,9-12H2,1H3,(H,21,23). The van der Waals surface area contributed by atoms with Gasteiger partial charge in [0.15, 0.2) is 0 Å². The molecule has 4 heteroatoms. The molecule has 23 heavy (non-hydrogen) atoms. The van der Waals surface area contributed by atoms with Crippen molar-refractivity contribution in [1.82, 2.24) is 0 Å². The summed E-state index contributed by atoms with van der Waals surface area (Å²) in [4.78, 5) is 14.7. The number of hydrogen-bond acceptors (Lipinski definition) is 2. The van der Waals surface area contributed by atoms with Crippen molar-refractivity contribution in [3.05, 3.63) is 59.9 Å². The van der Waals surface area contributed by atoms with Crippen LogP contribution in [0.1, 0.15) is 30.1 Å². The van der Waals surface area contributed by atoms with Crippen molar-refractivity contribution in [2.45, 2.75) is 19.8 Å². The molecule has 1 N–H and O–H groups in total. The van der Waals surface area contributed by atoms with Crippen molar-refractivity contribution in [3.63, 3.8) is 0 Å². The summed E-state index contributed by atoms with van der Waals surface area (Å²) in [6.45, 7) is 4.26. The maximum absolute atomic E-state index is 13.3. The Balaban J connectivity index is 1.79. The molecule has 1 amide bonds. The fourth-order valence-corrected chi connectivity index (χ4v) is 2.93. The van der Waals surface area contributed by atoms with E-state index in [-0.39, 0.29) is 5.91 Å². The van der Waals surface area contributed by atoms with Gasteiger partial charge in [0.1, 0.15) is 5.82 Å². The summed E-state index contributed by atoms with van der Waals surface area (Å²) >= 11 is 0. The summed E-state index contributed by atoms with van der Waals surface area (Å²) in [7, 11) is 0. The lowest BCUT2D eigenvalue weighted by Crippen LogP contribution is -2.33. The van der Waals surface area contributed by atoms with E-state index in [1.165, 1.54) is 12.1 Å². The lowest BCUT2D eigenvalue weighted by Gasteiger charge is -2.33. The molecule has 0 spiro atoms. The van der Waals surface area contributed by atoms with Gasteiger partial charge in [-0.05, 0) is 49.1 Å². The topological polar surface area (TPSA) is 32.3 Å². The molecule has 0 atom stereocenters. The summed E-state index contributed by atoms with van der Waals surface area (Å²) in [5.41, 5.74) is 2.13. The molecule has 0 unspecified atom stereocenters. The largest absolute Gasteiger partial charge is 0.370 e. The van der Waals surface area contributed by atoms with Crippen molar-refractivity contribution < 1.29 is 9.18 Å². The number of halogens is 1. The van der Waals surface area contributed by atoms with E-state index >= 15 is 0 Å². The van der Waals surface area contributed by atoms with Crippen molar-refractivity contribution in [1.29, 1.82) is 0 Å². The molecule has 0 aliphatic carbocycles. The second kappa shape index (κ2) is 6.82. The minimum atomic E-state index is -0.407. The number of piperidine rings is 1. The van der Waals surface area contributed by atoms with Gasteiger partial charge in [-0.15, -0.1) is 0 Å². The summed E-state index contributed by atoms with van der Waals surface area (Å²) < 4.78 is 13.3. The number of benzene rings is 2. The van der Waals surface area contributed by atoms with E-state index in [1.54, 1.807) is 12.1 Å². The molecular formula is C19H21FN2O. The first-order valence-electron chi connectivity index (χ1n) is 8.04. The first-order valence-corrected chi connectivity index (χ1v) is 8.04. The third kappa shape index (κ3) is 3.70. The summed E-state index contributed by atoms with van der Waals surface area (Å²) in [5, 5.41) is 2.92. The van der Waals surface area contributed by atoms with Crippen LogP contribution >= 0.6 is 0 Å². The zero-order valence-electron chi connectivity index (χ0n) is 13.3. The van der Waals surface area contributed by atoms with Crippen LogP contribution < -0.4 is 10.2 Å². The maximum atomic E-state index is 13.3. The highest BCUT2D eigenvalue weighted by Gasteiger charge is 2.19.